The van der Waals surface area contributed by atoms with E-state index < -0.39 is 15.8 Å². The Hall–Kier alpha value is -2.85. The van der Waals surface area contributed by atoms with Crippen LogP contribution in [0.25, 0.3) is 5.82 Å². The summed E-state index contributed by atoms with van der Waals surface area (Å²) in [6, 6.07) is 8.96. The second-order valence-electron chi connectivity index (χ2n) is 5.87. The van der Waals surface area contributed by atoms with E-state index in [1.165, 1.54) is 30.6 Å². The lowest BCUT2D eigenvalue weighted by atomic mass is 10.2. The maximum atomic E-state index is 12.9. The lowest BCUT2D eigenvalue weighted by molar-refractivity contribution is 0.581. The molecule has 0 radical (unpaired) electrons. The minimum Gasteiger partial charge on any atom is -0.369 e. The number of aryl methyl sites for hydroxylation is 1. The first kappa shape index (κ1) is 18.9. The molecule has 0 saturated heterocycles. The second kappa shape index (κ2) is 8.23. The Morgan fingerprint density at radius 3 is 2.59 bits per heavy atom. The highest BCUT2D eigenvalue weighted by Gasteiger charge is 2.11. The van der Waals surface area contributed by atoms with Crippen molar-refractivity contribution in [2.24, 2.45) is 0 Å². The van der Waals surface area contributed by atoms with Crippen molar-refractivity contribution in [2.45, 2.75) is 12.7 Å². The highest BCUT2D eigenvalue weighted by atomic mass is 32.2. The molecule has 2 aromatic heterocycles. The molecule has 1 aromatic carbocycles. The predicted molar refractivity (Wildman–Crippen MR) is 99.4 cm³/mol. The number of halogens is 1. The minimum absolute atomic E-state index is 0.184. The van der Waals surface area contributed by atoms with Gasteiger partial charge in [-0.05, 0) is 30.7 Å². The number of aromatic nitrogens is 4. The standard InChI is InChI=1S/C17H19FN6O2S/c1-13-6-9-24(23-13)17-10-16(20-12-21-17)19-7-8-22-27(25,26)11-14-2-4-15(18)5-3-14/h2-6,9-10,12,22H,7-8,11H2,1H3,(H,19,20,21). The molecule has 0 amide bonds. The molecular weight excluding hydrogens is 371 g/mol. The van der Waals surface area contributed by atoms with Crippen LogP contribution in [0.5, 0.6) is 0 Å². The number of nitrogens with one attached hydrogen (secondary N) is 2. The molecule has 142 valence electrons. The fourth-order valence-electron chi connectivity index (χ4n) is 2.36. The largest absolute Gasteiger partial charge is 0.369 e. The zero-order chi connectivity index (χ0) is 19.3. The molecular formula is C17H19FN6O2S. The van der Waals surface area contributed by atoms with Crippen LogP contribution in [0.15, 0.2) is 48.9 Å². The number of hydrogen-bond acceptors (Lipinski definition) is 6. The van der Waals surface area contributed by atoms with E-state index in [9.17, 15) is 12.8 Å². The number of anilines is 1. The van der Waals surface area contributed by atoms with Gasteiger partial charge in [-0.3, -0.25) is 0 Å². The van der Waals surface area contributed by atoms with Gasteiger partial charge in [-0.2, -0.15) is 5.10 Å². The van der Waals surface area contributed by atoms with Crippen LogP contribution in [-0.2, 0) is 15.8 Å². The second-order valence-corrected chi connectivity index (χ2v) is 7.68. The van der Waals surface area contributed by atoms with Gasteiger partial charge in [0.2, 0.25) is 10.0 Å². The van der Waals surface area contributed by atoms with E-state index in [0.717, 1.165) is 5.69 Å². The topological polar surface area (TPSA) is 102 Å². The van der Waals surface area contributed by atoms with Crippen LogP contribution < -0.4 is 10.0 Å². The fourth-order valence-corrected chi connectivity index (χ4v) is 3.51. The Labute approximate surface area is 156 Å². The minimum atomic E-state index is -3.51. The highest BCUT2D eigenvalue weighted by Crippen LogP contribution is 2.09. The molecule has 8 nitrogen and oxygen atoms in total. The third-order valence-electron chi connectivity index (χ3n) is 3.63. The molecule has 10 heteroatoms. The molecule has 2 N–H and O–H groups in total. The van der Waals surface area contributed by atoms with Gasteiger partial charge in [-0.15, -0.1) is 0 Å². The van der Waals surface area contributed by atoms with Crippen molar-refractivity contribution in [1.29, 1.82) is 0 Å². The molecule has 0 fully saturated rings. The molecule has 0 aliphatic carbocycles. The summed E-state index contributed by atoms with van der Waals surface area (Å²) in [4.78, 5) is 8.26. The number of rotatable bonds is 8. The summed E-state index contributed by atoms with van der Waals surface area (Å²) in [5.41, 5.74) is 1.39. The molecule has 0 atom stereocenters. The van der Waals surface area contributed by atoms with Gasteiger partial charge < -0.3 is 5.32 Å². The van der Waals surface area contributed by atoms with Crippen molar-refractivity contribution in [3.63, 3.8) is 0 Å². The molecule has 0 aliphatic rings. The Morgan fingerprint density at radius 2 is 1.89 bits per heavy atom. The lowest BCUT2D eigenvalue weighted by Crippen LogP contribution is -2.30. The zero-order valence-corrected chi connectivity index (χ0v) is 15.4. The summed E-state index contributed by atoms with van der Waals surface area (Å²) >= 11 is 0. The average molecular weight is 390 g/mol. The summed E-state index contributed by atoms with van der Waals surface area (Å²) in [6.07, 6.45) is 3.21. The van der Waals surface area contributed by atoms with E-state index in [-0.39, 0.29) is 12.3 Å². The SMILES string of the molecule is Cc1ccn(-c2cc(NCCNS(=O)(=O)Cc3ccc(F)cc3)ncn2)n1. The summed E-state index contributed by atoms with van der Waals surface area (Å²) in [5, 5.41) is 7.32. The van der Waals surface area contributed by atoms with Gasteiger partial charge >= 0.3 is 0 Å². The Balaban J connectivity index is 1.50. The van der Waals surface area contributed by atoms with Crippen molar-refractivity contribution in [2.75, 3.05) is 18.4 Å². The predicted octanol–water partition coefficient (Wildman–Crippen LogP) is 1.64. The van der Waals surface area contributed by atoms with Gasteiger partial charge in [0.15, 0.2) is 5.82 Å². The van der Waals surface area contributed by atoms with Crippen molar-refractivity contribution in [3.8, 4) is 5.82 Å². The molecule has 27 heavy (non-hydrogen) atoms. The van der Waals surface area contributed by atoms with Gasteiger partial charge in [0, 0.05) is 25.4 Å². The van der Waals surface area contributed by atoms with Crippen molar-refractivity contribution >= 4 is 15.8 Å². The molecule has 0 saturated carbocycles. The lowest BCUT2D eigenvalue weighted by Gasteiger charge is -2.09. The van der Waals surface area contributed by atoms with Crippen LogP contribution in [0, 0.1) is 12.7 Å². The third kappa shape index (κ3) is 5.56. The maximum Gasteiger partial charge on any atom is 0.215 e. The van der Waals surface area contributed by atoms with Gasteiger partial charge in [0.1, 0.15) is 18.0 Å². The first-order chi connectivity index (χ1) is 12.9. The summed E-state index contributed by atoms with van der Waals surface area (Å²) < 4.78 is 41.1. The normalized spacial score (nSPS) is 11.5. The Kier molecular flexibility index (Phi) is 5.77. The number of hydrogen-bond donors (Lipinski definition) is 2. The molecule has 3 aromatic rings. The smallest absolute Gasteiger partial charge is 0.215 e. The Bertz CT molecular complexity index is 1000. The quantitative estimate of drug-likeness (QED) is 0.567. The number of benzene rings is 1. The van der Waals surface area contributed by atoms with E-state index in [4.69, 9.17) is 0 Å². The Morgan fingerprint density at radius 1 is 1.11 bits per heavy atom. The van der Waals surface area contributed by atoms with Gasteiger partial charge in [0.25, 0.3) is 0 Å². The van der Waals surface area contributed by atoms with Crippen molar-refractivity contribution in [1.82, 2.24) is 24.5 Å². The summed E-state index contributed by atoms with van der Waals surface area (Å²) in [5.74, 6) is 0.565. The molecule has 0 spiro atoms. The van der Waals surface area contributed by atoms with Crippen LogP contribution in [0.2, 0.25) is 0 Å². The van der Waals surface area contributed by atoms with Gasteiger partial charge in [-0.25, -0.2) is 32.2 Å². The fraction of sp³-hybridized carbons (Fsp3) is 0.235. The highest BCUT2D eigenvalue weighted by molar-refractivity contribution is 7.88. The van der Waals surface area contributed by atoms with Crippen molar-refractivity contribution < 1.29 is 12.8 Å². The first-order valence-electron chi connectivity index (χ1n) is 8.22. The first-order valence-corrected chi connectivity index (χ1v) is 9.87. The van der Waals surface area contributed by atoms with Gasteiger partial charge in [0.05, 0.1) is 11.4 Å². The third-order valence-corrected chi connectivity index (χ3v) is 4.99. The van der Waals surface area contributed by atoms with Gasteiger partial charge in [-0.1, -0.05) is 12.1 Å². The number of sulfonamides is 1. The van der Waals surface area contributed by atoms with E-state index in [1.54, 1.807) is 16.9 Å². The molecule has 0 aliphatic heterocycles. The van der Waals surface area contributed by atoms with E-state index in [0.29, 0.717) is 23.7 Å². The number of nitrogens with zero attached hydrogens (tertiary/aromatic N) is 4. The van der Waals surface area contributed by atoms with E-state index >= 15 is 0 Å². The summed E-state index contributed by atoms with van der Waals surface area (Å²) in [6.45, 7) is 2.41. The summed E-state index contributed by atoms with van der Waals surface area (Å²) in [7, 11) is -3.51. The zero-order valence-electron chi connectivity index (χ0n) is 14.6. The van der Waals surface area contributed by atoms with Crippen LogP contribution in [0.1, 0.15) is 11.3 Å². The van der Waals surface area contributed by atoms with Crippen LogP contribution in [0.3, 0.4) is 0 Å². The van der Waals surface area contributed by atoms with Crippen LogP contribution >= 0.6 is 0 Å². The average Bonchev–Trinajstić information content (AvgIpc) is 3.07. The molecule has 2 heterocycles. The van der Waals surface area contributed by atoms with Crippen LogP contribution in [0.4, 0.5) is 10.2 Å². The maximum absolute atomic E-state index is 12.9. The molecule has 0 bridgehead atoms. The molecule has 3 rings (SSSR count). The van der Waals surface area contributed by atoms with E-state index in [2.05, 4.69) is 25.1 Å². The monoisotopic (exact) mass is 390 g/mol. The van der Waals surface area contributed by atoms with E-state index in [1.807, 2.05) is 13.0 Å². The van der Waals surface area contributed by atoms with Crippen molar-refractivity contribution in [3.05, 3.63) is 66.0 Å². The molecule has 0 unspecified atom stereocenters. The van der Waals surface area contributed by atoms with Crippen LogP contribution in [-0.4, -0.2) is 41.3 Å².